The molecule has 2 aliphatic heterocycles. The van der Waals surface area contributed by atoms with Crippen molar-refractivity contribution in [2.45, 2.75) is 37.9 Å². The Labute approximate surface area is 200 Å². The van der Waals surface area contributed by atoms with Crippen molar-refractivity contribution in [2.24, 2.45) is 17.8 Å². The number of aromatic nitrogens is 2. The summed E-state index contributed by atoms with van der Waals surface area (Å²) >= 11 is 0. The summed E-state index contributed by atoms with van der Waals surface area (Å²) in [6.45, 7) is 1.04. The second-order valence-electron chi connectivity index (χ2n) is 9.44. The third-order valence-corrected chi connectivity index (χ3v) is 7.16. The molecule has 2 unspecified atom stereocenters. The molecule has 1 saturated carbocycles. The molecule has 3 aliphatic rings. The van der Waals surface area contributed by atoms with Crippen LogP contribution in [0.4, 0.5) is 19.0 Å². The molecule has 6 nitrogen and oxygen atoms in total. The van der Waals surface area contributed by atoms with Crippen LogP contribution in [0, 0.1) is 17.8 Å². The molecule has 9 heteroatoms. The van der Waals surface area contributed by atoms with Gasteiger partial charge in [-0.25, -0.2) is 0 Å². The molecule has 0 bridgehead atoms. The molecule has 1 N–H and O–H groups in total. The van der Waals surface area contributed by atoms with Crippen molar-refractivity contribution in [3.05, 3.63) is 35.9 Å². The minimum atomic E-state index is -4.60. The average Bonchev–Trinajstić information content (AvgIpc) is 3.43. The van der Waals surface area contributed by atoms with Crippen LogP contribution in [0.5, 0.6) is 5.75 Å². The van der Waals surface area contributed by atoms with Gasteiger partial charge in [-0.3, -0.25) is 0 Å². The first-order valence-corrected chi connectivity index (χ1v) is 11.8. The molecule has 0 amide bonds. The minimum absolute atomic E-state index is 0.0506. The topological polar surface area (TPSA) is 59.5 Å². The Kier molecular flexibility index (Phi) is 5.97. The molecule has 1 aliphatic carbocycles. The van der Waals surface area contributed by atoms with E-state index in [0.29, 0.717) is 63.3 Å². The van der Waals surface area contributed by atoms with Gasteiger partial charge in [0.25, 0.3) is 0 Å². The van der Waals surface area contributed by atoms with Crippen molar-refractivity contribution in [2.75, 3.05) is 45.2 Å². The first-order valence-electron chi connectivity index (χ1n) is 12.8. The molecule has 2 aromatic rings. The van der Waals surface area contributed by atoms with E-state index in [-0.39, 0.29) is 35.3 Å². The fourth-order valence-electron chi connectivity index (χ4n) is 5.50. The van der Waals surface area contributed by atoms with Gasteiger partial charge in [-0.2, -0.15) is 13.2 Å². The highest BCUT2D eigenvalue weighted by Crippen LogP contribution is 2.42. The van der Waals surface area contributed by atoms with Gasteiger partial charge < -0.3 is 19.7 Å². The van der Waals surface area contributed by atoms with Gasteiger partial charge in [0.2, 0.25) is 0 Å². The van der Waals surface area contributed by atoms with Crippen LogP contribution in [0.25, 0.3) is 11.3 Å². The molecule has 1 aromatic carbocycles. The average molecular weight is 479 g/mol. The smallest absolute Gasteiger partial charge is 0.420 e. The number of hydrogen-bond donors (Lipinski definition) is 1. The highest BCUT2D eigenvalue weighted by molar-refractivity contribution is 5.68. The fraction of sp³-hybridized carbons (Fsp3) is 0.600. The fourth-order valence-corrected chi connectivity index (χ4v) is 5.50. The lowest BCUT2D eigenvalue weighted by Crippen LogP contribution is -2.32. The number of fused-ring (bicyclic) bond motifs is 1. The number of nitrogens with one attached hydrogen (secondary N) is 1. The van der Waals surface area contributed by atoms with Crippen molar-refractivity contribution in [1.29, 1.82) is 0 Å². The van der Waals surface area contributed by atoms with Crippen LogP contribution in [0.15, 0.2) is 30.3 Å². The van der Waals surface area contributed by atoms with Gasteiger partial charge in [-0.15, -0.1) is 10.2 Å². The number of ether oxygens (including phenoxy) is 2. The molecule has 3 fully saturated rings. The standard InChI is InChI=1S/C25H31F3N4O2/c1-33-23-5-3-2-4-20(23)22-12-21(25(26,27)28)24(31-30-22)29-19-10-17-14-32(15-18(17)11-19)13-16-6-8-34-9-7-16/h2-5,12,16-19H,6-11,13-15H2,1H3,(H,29,31)/i13D2. The Hall–Kier alpha value is -2.39. The predicted molar refractivity (Wildman–Crippen MR) is 123 cm³/mol. The minimum Gasteiger partial charge on any atom is -0.496 e. The van der Waals surface area contributed by atoms with Crippen LogP contribution in [0.2, 0.25) is 0 Å². The van der Waals surface area contributed by atoms with Gasteiger partial charge in [0.05, 0.1) is 12.8 Å². The lowest BCUT2D eigenvalue weighted by molar-refractivity contribution is -0.137. The Morgan fingerprint density at radius 2 is 1.85 bits per heavy atom. The third-order valence-electron chi connectivity index (χ3n) is 7.16. The molecule has 34 heavy (non-hydrogen) atoms. The molecule has 3 heterocycles. The van der Waals surface area contributed by atoms with Crippen molar-refractivity contribution < 1.29 is 25.4 Å². The number of alkyl halides is 3. The largest absolute Gasteiger partial charge is 0.496 e. The monoisotopic (exact) mass is 478 g/mol. The van der Waals surface area contributed by atoms with Gasteiger partial charge >= 0.3 is 6.18 Å². The van der Waals surface area contributed by atoms with E-state index in [4.69, 9.17) is 12.2 Å². The number of para-hydroxylation sites is 1. The van der Waals surface area contributed by atoms with Crippen LogP contribution in [-0.2, 0) is 10.9 Å². The number of hydrogen-bond acceptors (Lipinski definition) is 6. The van der Waals surface area contributed by atoms with E-state index in [0.717, 1.165) is 6.07 Å². The molecular weight excluding hydrogens is 445 g/mol. The van der Waals surface area contributed by atoms with Crippen molar-refractivity contribution in [3.63, 3.8) is 0 Å². The van der Waals surface area contributed by atoms with E-state index in [1.165, 1.54) is 7.11 Å². The summed E-state index contributed by atoms with van der Waals surface area (Å²) in [5.74, 6) is 0.598. The zero-order valence-electron chi connectivity index (χ0n) is 21.1. The maximum absolute atomic E-state index is 14.0. The second kappa shape index (κ2) is 9.70. The predicted octanol–water partition coefficient (Wildman–Crippen LogP) is 4.72. The molecule has 0 radical (unpaired) electrons. The zero-order chi connectivity index (χ0) is 25.5. The lowest BCUT2D eigenvalue weighted by atomic mass is 10.00. The summed E-state index contributed by atoms with van der Waals surface area (Å²) in [5, 5.41) is 11.0. The number of rotatable bonds is 6. The summed E-state index contributed by atoms with van der Waals surface area (Å²) in [4.78, 5) is 1.94. The summed E-state index contributed by atoms with van der Waals surface area (Å²) in [6.07, 6.45) is -1.81. The van der Waals surface area contributed by atoms with Gasteiger partial charge in [0.1, 0.15) is 11.3 Å². The van der Waals surface area contributed by atoms with Crippen LogP contribution < -0.4 is 10.1 Å². The highest BCUT2D eigenvalue weighted by Gasteiger charge is 2.43. The molecule has 5 rings (SSSR count). The van der Waals surface area contributed by atoms with Gasteiger partial charge in [0.15, 0.2) is 5.82 Å². The van der Waals surface area contributed by atoms with E-state index in [1.807, 2.05) is 4.90 Å². The Morgan fingerprint density at radius 3 is 2.53 bits per heavy atom. The Bertz CT molecular complexity index is 1070. The van der Waals surface area contributed by atoms with E-state index in [2.05, 4.69) is 15.5 Å². The molecule has 0 spiro atoms. The van der Waals surface area contributed by atoms with E-state index in [9.17, 15) is 13.2 Å². The van der Waals surface area contributed by atoms with E-state index < -0.39 is 18.2 Å². The third kappa shape index (κ3) is 5.00. The molecule has 184 valence electrons. The molecular formula is C25H31F3N4O2. The van der Waals surface area contributed by atoms with Crippen LogP contribution in [0.1, 0.15) is 34.0 Å². The maximum atomic E-state index is 14.0. The lowest BCUT2D eigenvalue weighted by Gasteiger charge is -2.28. The van der Waals surface area contributed by atoms with Gasteiger partial charge in [0, 0.05) is 47.1 Å². The quantitative estimate of drug-likeness (QED) is 0.649. The zero-order valence-corrected chi connectivity index (χ0v) is 19.1. The van der Waals surface area contributed by atoms with E-state index >= 15 is 0 Å². The maximum Gasteiger partial charge on any atom is 0.420 e. The SMILES string of the molecule is [2H]C([2H])(C1CCOCC1)N1CC2CC(Nc3nnc(-c4ccccc4OC)cc3C(F)(F)F)CC2C1. The highest BCUT2D eigenvalue weighted by atomic mass is 19.4. The summed E-state index contributed by atoms with van der Waals surface area (Å²) in [5.41, 5.74) is -0.314. The summed E-state index contributed by atoms with van der Waals surface area (Å²) in [7, 11) is 1.46. The van der Waals surface area contributed by atoms with Crippen molar-refractivity contribution >= 4 is 5.82 Å². The number of likely N-dealkylation sites (tertiary alicyclic amines) is 1. The molecule has 2 atom stereocenters. The number of nitrogens with zero attached hydrogens (tertiary/aromatic N) is 3. The first kappa shape index (κ1) is 20.9. The first-order chi connectivity index (χ1) is 17.2. The number of halogens is 3. The van der Waals surface area contributed by atoms with E-state index in [1.54, 1.807) is 24.3 Å². The molecule has 1 aromatic heterocycles. The number of benzene rings is 1. The number of anilines is 1. The summed E-state index contributed by atoms with van der Waals surface area (Å²) in [6, 6.07) is 7.63. The van der Waals surface area contributed by atoms with Gasteiger partial charge in [-0.1, -0.05) is 12.1 Å². The Morgan fingerprint density at radius 1 is 1.15 bits per heavy atom. The molecule has 2 saturated heterocycles. The Balaban J connectivity index is 1.28. The van der Waals surface area contributed by atoms with Crippen molar-refractivity contribution in [3.8, 4) is 17.0 Å². The normalized spacial score (nSPS) is 27.2. The van der Waals surface area contributed by atoms with Crippen LogP contribution in [-0.4, -0.2) is 61.0 Å². The second-order valence-corrected chi connectivity index (χ2v) is 9.44. The van der Waals surface area contributed by atoms with Crippen molar-refractivity contribution in [1.82, 2.24) is 15.1 Å². The van der Waals surface area contributed by atoms with Crippen LogP contribution in [0.3, 0.4) is 0 Å². The number of methoxy groups -OCH3 is 1. The van der Waals surface area contributed by atoms with Gasteiger partial charge in [-0.05, 0) is 61.6 Å². The van der Waals surface area contributed by atoms with Crippen LogP contribution >= 0.6 is 0 Å². The summed E-state index contributed by atoms with van der Waals surface area (Å²) < 4.78 is 70.1.